The Labute approximate surface area is 160 Å². The van der Waals surface area contributed by atoms with Crippen molar-refractivity contribution in [2.75, 3.05) is 12.3 Å². The maximum Gasteiger partial charge on any atom is 0.317 e. The average Bonchev–Trinajstić information content (AvgIpc) is 2.99. The van der Waals surface area contributed by atoms with Crippen molar-refractivity contribution in [2.24, 2.45) is 5.92 Å². The quantitative estimate of drug-likeness (QED) is 0.567. The topological polar surface area (TPSA) is 116 Å². The summed E-state index contributed by atoms with van der Waals surface area (Å²) in [5.74, 6) is 0.0785. The number of carboxylic acids is 1. The molecule has 0 spiro atoms. The molecule has 27 heavy (non-hydrogen) atoms. The third-order valence-electron chi connectivity index (χ3n) is 3.93. The van der Waals surface area contributed by atoms with Crippen LogP contribution in [-0.2, 0) is 11.3 Å². The minimum absolute atomic E-state index is 0.0650. The molecular formula is C18H21N5O3S. The number of ether oxygens (including phenoxy) is 1. The van der Waals surface area contributed by atoms with Gasteiger partial charge in [0.15, 0.2) is 22.1 Å². The summed E-state index contributed by atoms with van der Waals surface area (Å²) in [6.07, 6.45) is 1.37. The highest BCUT2D eigenvalue weighted by Crippen LogP contribution is 2.31. The van der Waals surface area contributed by atoms with Crippen LogP contribution >= 0.6 is 11.8 Å². The standard InChI is InChI=1S/C18H21N5O3S/c1-11(2)14(17(24)25)27-18-22-13-15(19)20-10-21-16(13)23(18)8-9-26-12-6-4-3-5-7-12/h3-7,10-11,14H,8-9H2,1-2H3,(H,24,25)(H2,19,20,21). The van der Waals surface area contributed by atoms with E-state index in [0.717, 1.165) is 5.75 Å². The van der Waals surface area contributed by atoms with Crippen LogP contribution in [0.15, 0.2) is 41.8 Å². The predicted octanol–water partition coefficient (Wildman–Crippen LogP) is 2.69. The molecule has 1 atom stereocenters. The molecule has 0 saturated carbocycles. The molecule has 8 nitrogen and oxygen atoms in total. The van der Waals surface area contributed by atoms with Gasteiger partial charge in [0.1, 0.15) is 23.9 Å². The molecule has 3 N–H and O–H groups in total. The lowest BCUT2D eigenvalue weighted by Gasteiger charge is -2.16. The van der Waals surface area contributed by atoms with E-state index in [1.54, 1.807) is 0 Å². The van der Waals surface area contributed by atoms with Crippen LogP contribution < -0.4 is 10.5 Å². The molecule has 9 heteroatoms. The van der Waals surface area contributed by atoms with Crippen molar-refractivity contribution in [3.05, 3.63) is 36.7 Å². The molecule has 0 aliphatic heterocycles. The maximum absolute atomic E-state index is 11.6. The van der Waals surface area contributed by atoms with Crippen LogP contribution in [0.5, 0.6) is 5.75 Å². The van der Waals surface area contributed by atoms with Crippen LogP contribution in [0.25, 0.3) is 11.2 Å². The molecule has 3 rings (SSSR count). The Morgan fingerprint density at radius 1 is 1.30 bits per heavy atom. The number of fused-ring (bicyclic) bond motifs is 1. The van der Waals surface area contributed by atoms with E-state index in [0.29, 0.717) is 29.5 Å². The van der Waals surface area contributed by atoms with Gasteiger partial charge in [-0.05, 0) is 18.1 Å². The van der Waals surface area contributed by atoms with E-state index in [4.69, 9.17) is 10.5 Å². The number of nitrogens with two attached hydrogens (primary N) is 1. The monoisotopic (exact) mass is 387 g/mol. The van der Waals surface area contributed by atoms with Gasteiger partial charge in [0.25, 0.3) is 0 Å². The van der Waals surface area contributed by atoms with Crippen LogP contribution in [-0.4, -0.2) is 42.5 Å². The van der Waals surface area contributed by atoms with Crippen LogP contribution in [0, 0.1) is 5.92 Å². The number of para-hydroxylation sites is 1. The molecule has 142 valence electrons. The van der Waals surface area contributed by atoms with Gasteiger partial charge in [-0.15, -0.1) is 0 Å². The van der Waals surface area contributed by atoms with Crippen LogP contribution in [0.3, 0.4) is 0 Å². The number of anilines is 1. The van der Waals surface area contributed by atoms with E-state index in [2.05, 4.69) is 15.0 Å². The van der Waals surface area contributed by atoms with E-state index in [1.165, 1.54) is 18.1 Å². The maximum atomic E-state index is 11.6. The molecule has 0 bridgehead atoms. The Balaban J connectivity index is 1.88. The summed E-state index contributed by atoms with van der Waals surface area (Å²) in [7, 11) is 0. The molecule has 2 aromatic heterocycles. The van der Waals surface area contributed by atoms with Gasteiger partial charge in [0, 0.05) is 0 Å². The van der Waals surface area contributed by atoms with Crippen molar-refractivity contribution < 1.29 is 14.6 Å². The normalized spacial score (nSPS) is 12.4. The van der Waals surface area contributed by atoms with Crippen molar-refractivity contribution in [3.8, 4) is 5.75 Å². The number of aliphatic carboxylic acids is 1. The van der Waals surface area contributed by atoms with Gasteiger partial charge < -0.3 is 20.1 Å². The lowest BCUT2D eigenvalue weighted by Crippen LogP contribution is -2.23. The number of benzene rings is 1. The van der Waals surface area contributed by atoms with Gasteiger partial charge in [-0.2, -0.15) is 0 Å². The highest BCUT2D eigenvalue weighted by molar-refractivity contribution is 8.00. The third kappa shape index (κ3) is 4.30. The fourth-order valence-corrected chi connectivity index (χ4v) is 3.63. The minimum Gasteiger partial charge on any atom is -0.492 e. The SMILES string of the molecule is CC(C)C(Sc1nc2c(N)ncnc2n1CCOc1ccccc1)C(=O)O. The zero-order chi connectivity index (χ0) is 19.4. The molecule has 0 aliphatic rings. The average molecular weight is 387 g/mol. The summed E-state index contributed by atoms with van der Waals surface area (Å²) in [6, 6.07) is 9.47. The van der Waals surface area contributed by atoms with Gasteiger partial charge in [-0.3, -0.25) is 4.79 Å². The van der Waals surface area contributed by atoms with Crippen molar-refractivity contribution in [1.82, 2.24) is 19.5 Å². The summed E-state index contributed by atoms with van der Waals surface area (Å²) < 4.78 is 7.60. The second kappa shape index (κ2) is 8.26. The molecule has 2 heterocycles. The van der Waals surface area contributed by atoms with Crippen LogP contribution in [0.4, 0.5) is 5.82 Å². The summed E-state index contributed by atoms with van der Waals surface area (Å²) in [5.41, 5.74) is 6.95. The molecule has 0 aliphatic carbocycles. The number of hydrogen-bond donors (Lipinski definition) is 2. The second-order valence-corrected chi connectivity index (χ2v) is 7.37. The summed E-state index contributed by atoms with van der Waals surface area (Å²) in [4.78, 5) is 24.4. The van der Waals surface area contributed by atoms with E-state index in [1.807, 2.05) is 48.7 Å². The molecule has 0 saturated heterocycles. The fraction of sp³-hybridized carbons (Fsp3) is 0.333. The van der Waals surface area contributed by atoms with Crippen molar-refractivity contribution in [2.45, 2.75) is 30.8 Å². The zero-order valence-corrected chi connectivity index (χ0v) is 15.9. The summed E-state index contributed by atoms with van der Waals surface area (Å²) in [6.45, 7) is 4.57. The number of carboxylic acid groups (broad SMARTS) is 1. The molecule has 1 unspecified atom stereocenters. The molecule has 1 aromatic carbocycles. The molecular weight excluding hydrogens is 366 g/mol. The first-order valence-electron chi connectivity index (χ1n) is 8.51. The molecule has 3 aromatic rings. The zero-order valence-electron chi connectivity index (χ0n) is 15.1. The Morgan fingerprint density at radius 2 is 2.04 bits per heavy atom. The largest absolute Gasteiger partial charge is 0.492 e. The van der Waals surface area contributed by atoms with E-state index >= 15 is 0 Å². The summed E-state index contributed by atoms with van der Waals surface area (Å²) >= 11 is 1.19. The van der Waals surface area contributed by atoms with Crippen molar-refractivity contribution in [3.63, 3.8) is 0 Å². The molecule has 0 fully saturated rings. The Hall–Kier alpha value is -2.81. The number of hydrogen-bond acceptors (Lipinski definition) is 7. The number of nitrogens with zero attached hydrogens (tertiary/aromatic N) is 4. The van der Waals surface area contributed by atoms with E-state index in [-0.39, 0.29) is 11.7 Å². The van der Waals surface area contributed by atoms with Gasteiger partial charge in [-0.1, -0.05) is 43.8 Å². The van der Waals surface area contributed by atoms with Crippen molar-refractivity contribution in [1.29, 1.82) is 0 Å². The van der Waals surface area contributed by atoms with Crippen molar-refractivity contribution >= 4 is 34.7 Å². The van der Waals surface area contributed by atoms with Crippen LogP contribution in [0.2, 0.25) is 0 Å². The molecule has 0 amide bonds. The summed E-state index contributed by atoms with van der Waals surface area (Å²) in [5, 5.41) is 9.42. The Bertz CT molecular complexity index is 929. The number of carbonyl (C=O) groups is 1. The third-order valence-corrected chi connectivity index (χ3v) is 5.46. The number of nitrogen functional groups attached to an aromatic ring is 1. The first-order valence-corrected chi connectivity index (χ1v) is 9.39. The smallest absolute Gasteiger partial charge is 0.317 e. The second-order valence-electron chi connectivity index (χ2n) is 6.26. The highest BCUT2D eigenvalue weighted by atomic mass is 32.2. The number of thioether (sulfide) groups is 1. The lowest BCUT2D eigenvalue weighted by molar-refractivity contribution is -0.137. The number of imidazole rings is 1. The first kappa shape index (κ1) is 19.0. The minimum atomic E-state index is -0.881. The highest BCUT2D eigenvalue weighted by Gasteiger charge is 2.26. The fourth-order valence-electron chi connectivity index (χ4n) is 2.58. The predicted molar refractivity (Wildman–Crippen MR) is 104 cm³/mol. The first-order chi connectivity index (χ1) is 13.0. The van der Waals surface area contributed by atoms with Gasteiger partial charge in [0.2, 0.25) is 0 Å². The van der Waals surface area contributed by atoms with Gasteiger partial charge in [-0.25, -0.2) is 15.0 Å². The number of aromatic nitrogens is 4. The number of rotatable bonds is 8. The molecule has 0 radical (unpaired) electrons. The van der Waals surface area contributed by atoms with Gasteiger partial charge >= 0.3 is 5.97 Å². The van der Waals surface area contributed by atoms with E-state index in [9.17, 15) is 9.90 Å². The Morgan fingerprint density at radius 3 is 2.70 bits per heavy atom. The van der Waals surface area contributed by atoms with Gasteiger partial charge in [0.05, 0.1) is 6.54 Å². The lowest BCUT2D eigenvalue weighted by atomic mass is 10.1. The Kier molecular flexibility index (Phi) is 5.80. The van der Waals surface area contributed by atoms with E-state index < -0.39 is 11.2 Å². The van der Waals surface area contributed by atoms with Crippen LogP contribution in [0.1, 0.15) is 13.8 Å².